The second kappa shape index (κ2) is 8.11. The van der Waals surface area contributed by atoms with Gasteiger partial charge in [-0.3, -0.25) is 4.79 Å². The van der Waals surface area contributed by atoms with E-state index in [1.54, 1.807) is 0 Å². The van der Waals surface area contributed by atoms with Crippen molar-refractivity contribution >= 4 is 17.5 Å². The lowest BCUT2D eigenvalue weighted by molar-refractivity contribution is -0.124. The van der Waals surface area contributed by atoms with Crippen LogP contribution in [0.2, 0.25) is 0 Å². The van der Waals surface area contributed by atoms with Gasteiger partial charge in [0.1, 0.15) is 0 Å². The molecule has 1 amide bonds. The lowest BCUT2D eigenvalue weighted by Gasteiger charge is -2.12. The van der Waals surface area contributed by atoms with Crippen LogP contribution in [0.15, 0.2) is 24.3 Å². The molecule has 1 N–H and O–H groups in total. The van der Waals surface area contributed by atoms with Gasteiger partial charge >= 0.3 is 0 Å². The maximum absolute atomic E-state index is 11.6. The molecule has 0 aliphatic heterocycles. The van der Waals surface area contributed by atoms with Gasteiger partial charge in [0.2, 0.25) is 5.91 Å². The molecule has 0 spiro atoms. The molecular weight excluding hydrogens is 250 g/mol. The highest BCUT2D eigenvalue weighted by Gasteiger charge is 2.11. The van der Waals surface area contributed by atoms with Gasteiger partial charge in [-0.25, -0.2) is 0 Å². The maximum Gasteiger partial charge on any atom is 0.224 e. The minimum atomic E-state index is -0.161. The molecule has 0 aliphatic carbocycles. The molecule has 1 aromatic rings. The lowest BCUT2D eigenvalue weighted by Crippen LogP contribution is -2.29. The smallest absolute Gasteiger partial charge is 0.224 e. The molecule has 1 rings (SSSR count). The van der Waals surface area contributed by atoms with Crippen LogP contribution < -0.4 is 5.32 Å². The summed E-state index contributed by atoms with van der Waals surface area (Å²) >= 11 is 5.65. The van der Waals surface area contributed by atoms with Crippen LogP contribution in [0.5, 0.6) is 0 Å². The molecule has 0 fully saturated rings. The molecule has 0 saturated heterocycles. The van der Waals surface area contributed by atoms with Gasteiger partial charge in [0.25, 0.3) is 0 Å². The highest BCUT2D eigenvalue weighted by atomic mass is 35.5. The van der Waals surface area contributed by atoms with Gasteiger partial charge in [0.05, 0.1) is 6.61 Å². The average molecular weight is 270 g/mol. The third-order valence-corrected chi connectivity index (χ3v) is 3.18. The van der Waals surface area contributed by atoms with Crippen LogP contribution in [0.1, 0.15) is 25.0 Å². The van der Waals surface area contributed by atoms with Crippen LogP contribution >= 0.6 is 11.6 Å². The number of carbonyl (C=O) groups excluding carboxylic acids is 1. The minimum absolute atomic E-state index is 0.0174. The van der Waals surface area contributed by atoms with Crippen LogP contribution in [0.3, 0.4) is 0 Å². The first-order valence-electron chi connectivity index (χ1n) is 6.17. The van der Waals surface area contributed by atoms with Crippen molar-refractivity contribution in [1.29, 1.82) is 0 Å². The highest BCUT2D eigenvalue weighted by Crippen LogP contribution is 2.10. The normalized spacial score (nSPS) is 12.2. The molecule has 0 bridgehead atoms. The van der Waals surface area contributed by atoms with Crippen molar-refractivity contribution in [2.24, 2.45) is 5.92 Å². The van der Waals surface area contributed by atoms with Crippen LogP contribution in [0.4, 0.5) is 0 Å². The Hall–Kier alpha value is -1.06. The number of nitrogens with one attached hydrogen (secondary N) is 1. The lowest BCUT2D eigenvalue weighted by atomic mass is 10.1. The summed E-state index contributed by atoms with van der Waals surface area (Å²) in [5, 5.41) is 2.89. The fourth-order valence-electron chi connectivity index (χ4n) is 1.51. The van der Waals surface area contributed by atoms with Gasteiger partial charge in [0.15, 0.2) is 0 Å². The molecule has 0 saturated carbocycles. The van der Waals surface area contributed by atoms with Crippen molar-refractivity contribution in [1.82, 2.24) is 5.32 Å². The fourth-order valence-corrected chi connectivity index (χ4v) is 1.65. The Morgan fingerprint density at radius 3 is 2.67 bits per heavy atom. The standard InChI is InChI=1S/C14H20ClNO2/c1-3-18-10-13-7-5-4-6-12(13)9-16-14(17)11(2)8-15/h4-7,11H,3,8-10H2,1-2H3,(H,16,17). The molecule has 100 valence electrons. The second-order valence-corrected chi connectivity index (χ2v) is 4.49. The maximum atomic E-state index is 11.6. The van der Waals surface area contributed by atoms with E-state index in [-0.39, 0.29) is 11.8 Å². The monoisotopic (exact) mass is 269 g/mol. The summed E-state index contributed by atoms with van der Waals surface area (Å²) in [7, 11) is 0. The number of benzene rings is 1. The molecule has 18 heavy (non-hydrogen) atoms. The molecule has 1 unspecified atom stereocenters. The zero-order valence-corrected chi connectivity index (χ0v) is 11.7. The third-order valence-electron chi connectivity index (χ3n) is 2.71. The van der Waals surface area contributed by atoms with Gasteiger partial charge in [-0.05, 0) is 18.1 Å². The topological polar surface area (TPSA) is 38.3 Å². The number of rotatable bonds is 7. The van der Waals surface area contributed by atoms with Crippen molar-refractivity contribution in [2.45, 2.75) is 27.0 Å². The summed E-state index contributed by atoms with van der Waals surface area (Å²) in [6, 6.07) is 7.95. The van der Waals surface area contributed by atoms with Crippen molar-refractivity contribution < 1.29 is 9.53 Å². The number of alkyl halides is 1. The molecule has 0 heterocycles. The number of ether oxygens (including phenoxy) is 1. The van der Waals surface area contributed by atoms with Crippen molar-refractivity contribution in [3.05, 3.63) is 35.4 Å². The van der Waals surface area contributed by atoms with E-state index in [2.05, 4.69) is 5.32 Å². The van der Waals surface area contributed by atoms with Gasteiger partial charge < -0.3 is 10.1 Å². The highest BCUT2D eigenvalue weighted by molar-refractivity contribution is 6.19. The third kappa shape index (κ3) is 4.67. The van der Waals surface area contributed by atoms with E-state index in [0.29, 0.717) is 25.6 Å². The summed E-state index contributed by atoms with van der Waals surface area (Å²) in [5.41, 5.74) is 2.19. The summed E-state index contributed by atoms with van der Waals surface area (Å²) in [5.74, 6) is 0.161. The van der Waals surface area contributed by atoms with Gasteiger partial charge in [-0.1, -0.05) is 31.2 Å². The van der Waals surface area contributed by atoms with Crippen LogP contribution in [-0.2, 0) is 22.7 Å². The first kappa shape index (κ1) is 15.0. The predicted octanol–water partition coefficient (Wildman–Crippen LogP) is 2.71. The van der Waals surface area contributed by atoms with Crippen LogP contribution in [0, 0.1) is 5.92 Å². The van der Waals surface area contributed by atoms with Gasteiger partial charge in [-0.2, -0.15) is 0 Å². The molecule has 0 radical (unpaired) electrons. The van der Waals surface area contributed by atoms with E-state index in [4.69, 9.17) is 16.3 Å². The fraction of sp³-hybridized carbons (Fsp3) is 0.500. The number of amides is 1. The number of hydrogen-bond donors (Lipinski definition) is 1. The van der Waals surface area contributed by atoms with Crippen molar-refractivity contribution in [3.8, 4) is 0 Å². The summed E-state index contributed by atoms with van der Waals surface area (Å²) in [6.45, 7) is 5.56. The Bertz CT molecular complexity index is 382. The molecular formula is C14H20ClNO2. The van der Waals surface area contributed by atoms with E-state index >= 15 is 0 Å². The zero-order valence-electron chi connectivity index (χ0n) is 10.9. The average Bonchev–Trinajstić information content (AvgIpc) is 2.42. The van der Waals surface area contributed by atoms with Crippen molar-refractivity contribution in [3.63, 3.8) is 0 Å². The Kier molecular flexibility index (Phi) is 6.76. The summed E-state index contributed by atoms with van der Waals surface area (Å²) in [4.78, 5) is 11.6. The van der Waals surface area contributed by atoms with E-state index in [1.165, 1.54) is 0 Å². The largest absolute Gasteiger partial charge is 0.377 e. The molecule has 1 aromatic carbocycles. The Labute approximate surface area is 113 Å². The second-order valence-electron chi connectivity index (χ2n) is 4.18. The Balaban J connectivity index is 2.58. The molecule has 4 heteroatoms. The van der Waals surface area contributed by atoms with E-state index in [1.807, 2.05) is 38.1 Å². The van der Waals surface area contributed by atoms with Crippen LogP contribution in [0.25, 0.3) is 0 Å². The predicted molar refractivity (Wildman–Crippen MR) is 73.5 cm³/mol. The van der Waals surface area contributed by atoms with E-state index in [9.17, 15) is 4.79 Å². The first-order chi connectivity index (χ1) is 8.69. The minimum Gasteiger partial charge on any atom is -0.377 e. The molecule has 3 nitrogen and oxygen atoms in total. The molecule has 0 aliphatic rings. The Morgan fingerprint density at radius 2 is 2.06 bits per heavy atom. The number of carbonyl (C=O) groups is 1. The van der Waals surface area contributed by atoms with Crippen molar-refractivity contribution in [2.75, 3.05) is 12.5 Å². The first-order valence-corrected chi connectivity index (χ1v) is 6.70. The van der Waals surface area contributed by atoms with Gasteiger partial charge in [-0.15, -0.1) is 11.6 Å². The molecule has 0 aromatic heterocycles. The van der Waals surface area contributed by atoms with E-state index in [0.717, 1.165) is 11.1 Å². The van der Waals surface area contributed by atoms with Crippen LogP contribution in [-0.4, -0.2) is 18.4 Å². The number of hydrogen-bond acceptors (Lipinski definition) is 2. The molecule has 1 atom stereocenters. The quantitative estimate of drug-likeness (QED) is 0.773. The zero-order chi connectivity index (χ0) is 13.4. The van der Waals surface area contributed by atoms with Gasteiger partial charge in [0, 0.05) is 24.9 Å². The summed E-state index contributed by atoms with van der Waals surface area (Å²) < 4.78 is 5.40. The number of halogens is 1. The Morgan fingerprint density at radius 1 is 1.39 bits per heavy atom. The summed E-state index contributed by atoms with van der Waals surface area (Å²) in [6.07, 6.45) is 0. The van der Waals surface area contributed by atoms with E-state index < -0.39 is 0 Å². The SMILES string of the molecule is CCOCc1ccccc1CNC(=O)C(C)CCl.